The Kier molecular flexibility index (Phi) is 6.98. The third-order valence-electron chi connectivity index (χ3n) is 4.84. The number of esters is 1. The minimum Gasteiger partial charge on any atom is -0.507 e. The topological polar surface area (TPSA) is 46.5 Å². The Hall–Kier alpha value is -2.89. The summed E-state index contributed by atoms with van der Waals surface area (Å²) in [5.74, 6) is -1.84. The van der Waals surface area contributed by atoms with Gasteiger partial charge < -0.3 is 9.84 Å². The molecule has 0 radical (unpaired) electrons. The second kappa shape index (κ2) is 9.50. The average Bonchev–Trinajstić information content (AvgIpc) is 2.72. The number of aromatic hydroxyl groups is 1. The highest BCUT2D eigenvalue weighted by atomic mass is 35.5. The number of benzene rings is 3. The second-order valence-electron chi connectivity index (χ2n) is 6.89. The van der Waals surface area contributed by atoms with Gasteiger partial charge in [-0.05, 0) is 58.2 Å². The van der Waals surface area contributed by atoms with Crippen LogP contribution in [0.3, 0.4) is 0 Å². The van der Waals surface area contributed by atoms with Gasteiger partial charge >= 0.3 is 5.97 Å². The van der Waals surface area contributed by atoms with Gasteiger partial charge in [0.2, 0.25) is 0 Å². The van der Waals surface area contributed by atoms with Gasteiger partial charge in [0, 0.05) is 16.5 Å². The first-order valence-corrected chi connectivity index (χ1v) is 9.96. The molecule has 0 saturated carbocycles. The van der Waals surface area contributed by atoms with E-state index in [9.17, 15) is 14.3 Å². The van der Waals surface area contributed by atoms with Crippen molar-refractivity contribution in [3.05, 3.63) is 105 Å². The van der Waals surface area contributed by atoms with Crippen LogP contribution < -0.4 is 0 Å². The number of ether oxygens (including phenoxy) is 1. The fourth-order valence-electron chi connectivity index (χ4n) is 3.18. The molecule has 0 aliphatic heterocycles. The van der Waals surface area contributed by atoms with Gasteiger partial charge in [-0.2, -0.15) is 0 Å². The summed E-state index contributed by atoms with van der Waals surface area (Å²) in [6.07, 6.45) is 0.0530. The summed E-state index contributed by atoms with van der Waals surface area (Å²) in [5.41, 5.74) is 1.87. The maximum Gasteiger partial charge on any atom is 0.309 e. The quantitative estimate of drug-likeness (QED) is 0.434. The fourth-order valence-corrected chi connectivity index (χ4v) is 3.85. The monoisotopic (exact) mass is 462 g/mol. The molecular formula is C24H18Cl2F2O3. The smallest absolute Gasteiger partial charge is 0.309 e. The van der Waals surface area contributed by atoms with Crippen LogP contribution in [0.2, 0.25) is 10.0 Å². The van der Waals surface area contributed by atoms with Gasteiger partial charge in [0.1, 0.15) is 17.4 Å². The number of halogens is 4. The molecule has 0 spiro atoms. The van der Waals surface area contributed by atoms with Gasteiger partial charge in [-0.1, -0.05) is 48.0 Å². The Morgan fingerprint density at radius 1 is 1.06 bits per heavy atom. The van der Waals surface area contributed by atoms with Crippen LogP contribution in [-0.2, 0) is 22.4 Å². The molecule has 31 heavy (non-hydrogen) atoms. The van der Waals surface area contributed by atoms with Crippen molar-refractivity contribution in [2.24, 2.45) is 0 Å². The van der Waals surface area contributed by atoms with Crippen LogP contribution in [-0.4, -0.2) is 18.2 Å². The molecule has 0 aliphatic carbocycles. The zero-order valence-corrected chi connectivity index (χ0v) is 18.0. The first kappa shape index (κ1) is 22.8. The maximum atomic E-state index is 15.4. The minimum atomic E-state index is -0.680. The Labute approximate surface area is 188 Å². The molecule has 3 aromatic carbocycles. The Balaban J connectivity index is 1.96. The van der Waals surface area contributed by atoms with E-state index < -0.39 is 17.6 Å². The Bertz CT molecular complexity index is 1140. The van der Waals surface area contributed by atoms with E-state index in [2.05, 4.69) is 11.3 Å². The highest BCUT2D eigenvalue weighted by Crippen LogP contribution is 2.36. The molecule has 0 aliphatic rings. The van der Waals surface area contributed by atoms with Crippen LogP contribution in [0.25, 0.3) is 5.57 Å². The van der Waals surface area contributed by atoms with Crippen LogP contribution >= 0.6 is 23.2 Å². The van der Waals surface area contributed by atoms with E-state index >= 15 is 4.39 Å². The molecule has 3 aromatic rings. The van der Waals surface area contributed by atoms with E-state index in [1.165, 1.54) is 43.5 Å². The van der Waals surface area contributed by atoms with Crippen molar-refractivity contribution in [2.45, 2.75) is 12.8 Å². The number of hydrogen-bond donors (Lipinski definition) is 1. The molecule has 3 rings (SSSR count). The van der Waals surface area contributed by atoms with Gasteiger partial charge in [-0.3, -0.25) is 4.79 Å². The average molecular weight is 463 g/mol. The molecular weight excluding hydrogens is 445 g/mol. The number of phenolic OH excluding ortho intramolecular Hbond substituents is 1. The summed E-state index contributed by atoms with van der Waals surface area (Å²) in [4.78, 5) is 11.5. The molecule has 0 aromatic heterocycles. The number of carbonyl (C=O) groups excluding carboxylic acids is 1. The molecule has 0 unspecified atom stereocenters. The lowest BCUT2D eigenvalue weighted by Crippen LogP contribution is -2.05. The summed E-state index contributed by atoms with van der Waals surface area (Å²) in [6.45, 7) is 3.86. The van der Waals surface area contributed by atoms with Crippen molar-refractivity contribution in [1.29, 1.82) is 0 Å². The van der Waals surface area contributed by atoms with E-state index in [4.69, 9.17) is 23.2 Å². The zero-order chi connectivity index (χ0) is 22.7. The largest absolute Gasteiger partial charge is 0.507 e. The van der Waals surface area contributed by atoms with Crippen molar-refractivity contribution in [2.75, 3.05) is 7.11 Å². The van der Waals surface area contributed by atoms with E-state index in [0.29, 0.717) is 16.7 Å². The lowest BCUT2D eigenvalue weighted by atomic mass is 9.94. The molecule has 160 valence electrons. The van der Waals surface area contributed by atoms with Crippen LogP contribution in [0.1, 0.15) is 27.8 Å². The molecule has 0 fully saturated rings. The third-order valence-corrected chi connectivity index (χ3v) is 5.51. The minimum absolute atomic E-state index is 0.00539. The third kappa shape index (κ3) is 5.06. The summed E-state index contributed by atoms with van der Waals surface area (Å²) in [5, 5.41) is 10.8. The number of hydrogen-bond acceptors (Lipinski definition) is 3. The highest BCUT2D eigenvalue weighted by molar-refractivity contribution is 6.36. The van der Waals surface area contributed by atoms with Gasteiger partial charge in [-0.15, -0.1) is 0 Å². The summed E-state index contributed by atoms with van der Waals surface area (Å²) in [7, 11) is 1.28. The van der Waals surface area contributed by atoms with Crippen molar-refractivity contribution in [1.82, 2.24) is 0 Å². The van der Waals surface area contributed by atoms with Gasteiger partial charge in [0.05, 0.1) is 19.1 Å². The van der Waals surface area contributed by atoms with Gasteiger partial charge in [-0.25, -0.2) is 8.78 Å². The van der Waals surface area contributed by atoms with Crippen molar-refractivity contribution in [3.8, 4) is 5.75 Å². The maximum absolute atomic E-state index is 15.4. The van der Waals surface area contributed by atoms with E-state index in [1.54, 1.807) is 12.1 Å². The molecule has 0 saturated heterocycles. The van der Waals surface area contributed by atoms with E-state index in [0.717, 1.165) is 0 Å². The molecule has 0 amide bonds. The first-order chi connectivity index (χ1) is 14.7. The lowest BCUT2D eigenvalue weighted by molar-refractivity contribution is -0.139. The van der Waals surface area contributed by atoms with Crippen LogP contribution in [0.5, 0.6) is 5.75 Å². The summed E-state index contributed by atoms with van der Waals surface area (Å²) in [6, 6.07) is 11.3. The highest BCUT2D eigenvalue weighted by Gasteiger charge is 2.19. The standard InChI is InChI=1S/C24H18Cl2F2O3/c1-13(15-3-6-17(27)7-4-15)23-21(29)8-5-16(24(23)28)12-18-19(25)9-14(10-20(18)26)11-22(30)31-2/h3-10,29H,1,11-12H2,2H3. The second-order valence-corrected chi connectivity index (χ2v) is 7.70. The van der Waals surface area contributed by atoms with E-state index in [1.807, 2.05) is 0 Å². The van der Waals surface area contributed by atoms with E-state index in [-0.39, 0.29) is 45.3 Å². The van der Waals surface area contributed by atoms with Crippen LogP contribution in [0.4, 0.5) is 8.78 Å². The SMILES string of the molecule is C=C(c1ccc(F)cc1)c1c(O)ccc(Cc2c(Cl)cc(CC(=O)OC)cc2Cl)c1F. The number of rotatable bonds is 6. The predicted octanol–water partition coefficient (Wildman–Crippen LogP) is 6.35. The first-order valence-electron chi connectivity index (χ1n) is 9.20. The van der Waals surface area contributed by atoms with Crippen LogP contribution in [0.15, 0.2) is 55.1 Å². The van der Waals surface area contributed by atoms with Gasteiger partial charge in [0.25, 0.3) is 0 Å². The van der Waals surface area contributed by atoms with Crippen molar-refractivity contribution < 1.29 is 23.4 Å². The van der Waals surface area contributed by atoms with Crippen molar-refractivity contribution in [3.63, 3.8) is 0 Å². The summed E-state index contributed by atoms with van der Waals surface area (Å²) < 4.78 is 33.2. The number of carbonyl (C=O) groups is 1. The number of phenols is 1. The molecule has 0 atom stereocenters. The van der Waals surface area contributed by atoms with Crippen molar-refractivity contribution >= 4 is 34.7 Å². The molecule has 7 heteroatoms. The molecule has 0 heterocycles. The lowest BCUT2D eigenvalue weighted by Gasteiger charge is -2.15. The molecule has 3 nitrogen and oxygen atoms in total. The predicted molar refractivity (Wildman–Crippen MR) is 118 cm³/mol. The Morgan fingerprint density at radius 3 is 2.26 bits per heavy atom. The summed E-state index contributed by atoms with van der Waals surface area (Å²) >= 11 is 12.7. The Morgan fingerprint density at radius 2 is 1.68 bits per heavy atom. The molecule has 1 N–H and O–H groups in total. The number of methoxy groups -OCH3 is 1. The fraction of sp³-hybridized carbons (Fsp3) is 0.125. The normalized spacial score (nSPS) is 10.7. The van der Waals surface area contributed by atoms with Crippen LogP contribution in [0, 0.1) is 11.6 Å². The zero-order valence-electron chi connectivity index (χ0n) is 16.5. The molecule has 0 bridgehead atoms. The van der Waals surface area contributed by atoms with Gasteiger partial charge in [0.15, 0.2) is 0 Å².